The third-order valence-corrected chi connectivity index (χ3v) is 5.26. The first-order valence-corrected chi connectivity index (χ1v) is 11.0. The number of aromatic nitrogens is 3. The van der Waals surface area contributed by atoms with Crippen molar-refractivity contribution in [2.24, 2.45) is 0 Å². The van der Waals surface area contributed by atoms with Crippen LogP contribution in [0, 0.1) is 29.1 Å². The molecule has 37 heavy (non-hydrogen) atoms. The molecule has 1 saturated heterocycles. The summed E-state index contributed by atoms with van der Waals surface area (Å²) in [5, 5.41) is 36.5. The molecule has 4 atom stereocenters. The Morgan fingerprint density at radius 3 is 2.41 bits per heavy atom. The molecule has 0 bridgehead atoms. The van der Waals surface area contributed by atoms with Crippen molar-refractivity contribution in [3.63, 3.8) is 0 Å². The summed E-state index contributed by atoms with van der Waals surface area (Å²) in [7, 11) is 0. The number of carbonyl (C=O) groups excluding carboxylic acids is 1. The van der Waals surface area contributed by atoms with Crippen molar-refractivity contribution >= 4 is 5.97 Å². The maximum atomic E-state index is 13.5. The maximum Gasteiger partial charge on any atom is 0.313 e. The van der Waals surface area contributed by atoms with Gasteiger partial charge in [-0.3, -0.25) is 4.79 Å². The second-order valence-corrected chi connectivity index (χ2v) is 7.91. The van der Waals surface area contributed by atoms with Crippen LogP contribution in [-0.4, -0.2) is 87.3 Å². The van der Waals surface area contributed by atoms with Gasteiger partial charge >= 0.3 is 5.97 Å². The monoisotopic (exact) mass is 541 g/mol. The van der Waals surface area contributed by atoms with Gasteiger partial charge in [0.15, 0.2) is 6.29 Å². The fraction of sp³-hybridized carbons (Fsp3) is 0.571. The van der Waals surface area contributed by atoms with Crippen molar-refractivity contribution in [1.82, 2.24) is 15.0 Å². The van der Waals surface area contributed by atoms with Gasteiger partial charge in [-0.15, -0.1) is 5.10 Å². The van der Waals surface area contributed by atoms with Crippen molar-refractivity contribution in [2.45, 2.75) is 50.4 Å². The van der Waals surface area contributed by atoms with Crippen LogP contribution in [0.25, 0.3) is 0 Å². The van der Waals surface area contributed by atoms with E-state index in [1.165, 1.54) is 4.68 Å². The van der Waals surface area contributed by atoms with Gasteiger partial charge in [0.25, 0.3) is 0 Å². The molecule has 0 aliphatic carbocycles. The number of rotatable bonds is 12. The van der Waals surface area contributed by atoms with E-state index in [0.29, 0.717) is 12.1 Å². The second-order valence-electron chi connectivity index (χ2n) is 7.91. The average Bonchev–Trinajstić information content (AvgIpc) is 3.33. The van der Waals surface area contributed by atoms with Gasteiger partial charge in [-0.25, -0.2) is 17.9 Å². The molecule has 3 rings (SSSR count). The van der Waals surface area contributed by atoms with Gasteiger partial charge in [0.05, 0.1) is 51.2 Å². The van der Waals surface area contributed by atoms with Crippen LogP contribution in [-0.2, 0) is 32.0 Å². The minimum Gasteiger partial charge on any atom is -0.420 e. The molecular weight excluding hydrogens is 517 g/mol. The second kappa shape index (κ2) is 13.2. The number of aliphatic hydroxyl groups excluding tert-OH is 3. The number of halogens is 5. The topological polar surface area (TPSA) is 145 Å². The Labute approximate surface area is 206 Å². The van der Waals surface area contributed by atoms with Gasteiger partial charge in [0.2, 0.25) is 34.8 Å². The lowest BCUT2D eigenvalue weighted by molar-refractivity contribution is -0.256. The lowest BCUT2D eigenvalue weighted by Gasteiger charge is -2.35. The number of benzene rings is 1. The van der Waals surface area contributed by atoms with Crippen molar-refractivity contribution in [1.29, 1.82) is 0 Å². The molecule has 1 fully saturated rings. The molecule has 2 heterocycles. The standard InChI is InChI=1S/C21H24F5N3O8/c22-15-16(23)18(25)21(19(26)17(15)24)37-13(32)2-4-34-6-3-29-8-10(27-28-29)1-5-35-14-7-11(31)20(33)12(9-30)36-14/h8,11-12,14,20,30-31,33H,1-7,9H2. The number of nitrogens with zero attached hydrogens (tertiary/aromatic N) is 3. The van der Waals surface area contributed by atoms with Crippen molar-refractivity contribution < 1.29 is 61.0 Å². The Kier molecular flexibility index (Phi) is 10.2. The van der Waals surface area contributed by atoms with Gasteiger partial charge in [0, 0.05) is 19.0 Å². The number of carbonyl (C=O) groups is 1. The summed E-state index contributed by atoms with van der Waals surface area (Å²) in [5.41, 5.74) is 0.557. The highest BCUT2D eigenvalue weighted by Crippen LogP contribution is 2.29. The van der Waals surface area contributed by atoms with E-state index in [0.717, 1.165) is 0 Å². The molecule has 3 N–H and O–H groups in total. The van der Waals surface area contributed by atoms with E-state index < -0.39 is 78.4 Å². The van der Waals surface area contributed by atoms with Gasteiger partial charge in [-0.1, -0.05) is 5.21 Å². The van der Waals surface area contributed by atoms with Crippen LogP contribution >= 0.6 is 0 Å². The summed E-state index contributed by atoms with van der Waals surface area (Å²) in [5.74, 6) is -14.3. The minimum atomic E-state index is -2.36. The molecule has 16 heteroatoms. The fourth-order valence-corrected chi connectivity index (χ4v) is 3.29. The van der Waals surface area contributed by atoms with E-state index in [9.17, 15) is 42.1 Å². The quantitative estimate of drug-likeness (QED) is 0.0861. The first-order valence-electron chi connectivity index (χ1n) is 11.0. The smallest absolute Gasteiger partial charge is 0.313 e. The zero-order valence-corrected chi connectivity index (χ0v) is 19.2. The first kappa shape index (κ1) is 28.8. The normalized spacial score (nSPS) is 21.8. The minimum absolute atomic E-state index is 0.0385. The molecule has 11 nitrogen and oxygen atoms in total. The van der Waals surface area contributed by atoms with E-state index in [1.54, 1.807) is 6.20 Å². The van der Waals surface area contributed by atoms with E-state index in [1.807, 2.05) is 0 Å². The summed E-state index contributed by atoms with van der Waals surface area (Å²) >= 11 is 0. The van der Waals surface area contributed by atoms with Gasteiger partial charge in [-0.05, 0) is 0 Å². The summed E-state index contributed by atoms with van der Waals surface area (Å²) in [6.45, 7) is -0.310. The molecule has 4 unspecified atom stereocenters. The number of ether oxygens (including phenoxy) is 4. The number of hydrogen-bond donors (Lipinski definition) is 3. The molecule has 0 radical (unpaired) electrons. The Bertz CT molecular complexity index is 1050. The van der Waals surface area contributed by atoms with Gasteiger partial charge in [-0.2, -0.15) is 8.78 Å². The van der Waals surface area contributed by atoms with E-state index >= 15 is 0 Å². The lowest BCUT2D eigenvalue weighted by Crippen LogP contribution is -2.50. The van der Waals surface area contributed by atoms with E-state index in [4.69, 9.17) is 14.2 Å². The van der Waals surface area contributed by atoms with Crippen LogP contribution in [0.1, 0.15) is 18.5 Å². The number of aliphatic hydroxyl groups is 3. The summed E-state index contributed by atoms with van der Waals surface area (Å²) < 4.78 is 88.1. The van der Waals surface area contributed by atoms with Gasteiger partial charge in [0.1, 0.15) is 12.2 Å². The van der Waals surface area contributed by atoms with Crippen molar-refractivity contribution in [3.8, 4) is 5.75 Å². The predicted molar refractivity (Wildman–Crippen MR) is 109 cm³/mol. The van der Waals surface area contributed by atoms with Crippen LogP contribution < -0.4 is 4.74 Å². The molecule has 0 spiro atoms. The van der Waals surface area contributed by atoms with Crippen LogP contribution in [0.4, 0.5) is 22.0 Å². The molecule has 1 aliphatic rings. The van der Waals surface area contributed by atoms with Crippen LogP contribution in [0.15, 0.2) is 6.20 Å². The molecule has 2 aromatic rings. The third kappa shape index (κ3) is 7.39. The molecule has 1 aromatic carbocycles. The van der Waals surface area contributed by atoms with E-state index in [-0.39, 0.29) is 32.8 Å². The van der Waals surface area contributed by atoms with Crippen LogP contribution in [0.3, 0.4) is 0 Å². The van der Waals surface area contributed by atoms with E-state index in [2.05, 4.69) is 15.0 Å². The highest BCUT2D eigenvalue weighted by molar-refractivity contribution is 5.72. The maximum absolute atomic E-state index is 13.5. The van der Waals surface area contributed by atoms with Crippen molar-refractivity contribution in [2.75, 3.05) is 26.4 Å². The average molecular weight is 541 g/mol. The highest BCUT2D eigenvalue weighted by Gasteiger charge is 2.36. The highest BCUT2D eigenvalue weighted by atomic mass is 19.2. The Morgan fingerprint density at radius 2 is 1.73 bits per heavy atom. The zero-order valence-electron chi connectivity index (χ0n) is 19.2. The lowest BCUT2D eigenvalue weighted by atomic mass is 10.0. The number of hydrogen-bond acceptors (Lipinski definition) is 10. The Morgan fingerprint density at radius 1 is 1.05 bits per heavy atom. The van der Waals surface area contributed by atoms with Crippen LogP contribution in [0.2, 0.25) is 0 Å². The largest absolute Gasteiger partial charge is 0.420 e. The summed E-state index contributed by atoms with van der Waals surface area (Å²) in [6.07, 6.45) is -2.59. The fourth-order valence-electron chi connectivity index (χ4n) is 3.29. The summed E-state index contributed by atoms with van der Waals surface area (Å²) in [4.78, 5) is 11.7. The molecule has 0 saturated carbocycles. The zero-order chi connectivity index (χ0) is 27.1. The first-order chi connectivity index (χ1) is 17.6. The molecule has 1 aliphatic heterocycles. The van der Waals surface area contributed by atoms with Crippen molar-refractivity contribution in [3.05, 3.63) is 41.0 Å². The Balaban J connectivity index is 1.33. The predicted octanol–water partition coefficient (Wildman–Crippen LogP) is 0.374. The van der Waals surface area contributed by atoms with Gasteiger partial charge < -0.3 is 34.3 Å². The third-order valence-electron chi connectivity index (χ3n) is 5.26. The molecule has 1 aromatic heterocycles. The molecule has 0 amide bonds. The number of esters is 1. The summed E-state index contributed by atoms with van der Waals surface area (Å²) in [6, 6.07) is 0. The SMILES string of the molecule is O=C(CCOCCn1cc(CCOC2CC(O)C(O)C(CO)O2)nn1)Oc1c(F)c(F)c(F)c(F)c1F. The van der Waals surface area contributed by atoms with Crippen LogP contribution in [0.5, 0.6) is 5.75 Å². The molecule has 206 valence electrons. The Hall–Kier alpha value is -2.76. The molecular formula is C21H24F5N3O8.